The molecule has 0 aliphatic carbocycles. The molecule has 0 saturated carbocycles. The lowest BCUT2D eigenvalue weighted by atomic mass is 10.0. The van der Waals surface area contributed by atoms with Crippen LogP contribution in [0.15, 0.2) is 43.0 Å². The quantitative estimate of drug-likeness (QED) is 0.818. The van der Waals surface area contributed by atoms with Gasteiger partial charge in [-0.25, -0.2) is 4.98 Å². The van der Waals surface area contributed by atoms with Crippen LogP contribution in [-0.2, 0) is 11.3 Å². The first-order chi connectivity index (χ1) is 10.6. The third-order valence-corrected chi connectivity index (χ3v) is 3.51. The molecule has 0 aliphatic rings. The van der Waals surface area contributed by atoms with Gasteiger partial charge in [-0.3, -0.25) is 4.79 Å². The molecule has 2 aromatic rings. The maximum Gasteiger partial charge on any atom is 0.228 e. The molecular formula is C16H22N4O2. The lowest BCUT2D eigenvalue weighted by molar-refractivity contribution is -0.119. The fourth-order valence-electron chi connectivity index (χ4n) is 1.86. The average Bonchev–Trinajstić information content (AvgIpc) is 3.01. The molecule has 0 spiro atoms. The smallest absolute Gasteiger partial charge is 0.228 e. The summed E-state index contributed by atoms with van der Waals surface area (Å²) in [7, 11) is 0. The Balaban J connectivity index is 1.96. The van der Waals surface area contributed by atoms with Gasteiger partial charge < -0.3 is 20.4 Å². The number of aromatic nitrogens is 2. The van der Waals surface area contributed by atoms with Crippen LogP contribution in [0.1, 0.15) is 13.8 Å². The monoisotopic (exact) mass is 302 g/mol. The largest absolute Gasteiger partial charge is 0.490 e. The van der Waals surface area contributed by atoms with Crippen molar-refractivity contribution in [3.05, 3.63) is 43.0 Å². The lowest BCUT2D eigenvalue weighted by Gasteiger charge is -2.17. The van der Waals surface area contributed by atoms with E-state index in [9.17, 15) is 4.79 Å². The van der Waals surface area contributed by atoms with Crippen LogP contribution in [0.2, 0.25) is 0 Å². The number of benzene rings is 1. The highest BCUT2D eigenvalue weighted by Gasteiger charge is 2.18. The van der Waals surface area contributed by atoms with E-state index in [1.54, 1.807) is 12.5 Å². The maximum absolute atomic E-state index is 12.1. The number of nitrogens with two attached hydrogens (primary N) is 1. The lowest BCUT2D eigenvalue weighted by Crippen LogP contribution is -2.34. The molecule has 2 rings (SSSR count). The topological polar surface area (TPSA) is 82.2 Å². The number of amides is 1. The third-order valence-electron chi connectivity index (χ3n) is 3.51. The minimum atomic E-state index is -0.265. The van der Waals surface area contributed by atoms with Crippen LogP contribution < -0.4 is 15.8 Å². The molecule has 2 atom stereocenters. The zero-order valence-corrected chi connectivity index (χ0v) is 12.9. The third kappa shape index (κ3) is 4.33. The highest BCUT2D eigenvalue weighted by Crippen LogP contribution is 2.24. The Labute approximate surface area is 130 Å². The van der Waals surface area contributed by atoms with Crippen molar-refractivity contribution in [3.63, 3.8) is 0 Å². The van der Waals surface area contributed by atoms with E-state index in [1.165, 1.54) is 0 Å². The second-order valence-electron chi connectivity index (χ2n) is 5.28. The standard InChI is InChI=1S/C16H22N4O2/c1-12(13(2)17)16(21)19-14-5-3-4-6-15(14)22-10-9-20-8-7-18-11-20/h3-8,11-13H,9-10,17H2,1-2H3,(H,19,21). The number of imidazole rings is 1. The van der Waals surface area contributed by atoms with Crippen LogP contribution in [0.25, 0.3) is 0 Å². The van der Waals surface area contributed by atoms with Gasteiger partial charge in [0, 0.05) is 18.4 Å². The summed E-state index contributed by atoms with van der Waals surface area (Å²) in [5.41, 5.74) is 6.42. The fourth-order valence-corrected chi connectivity index (χ4v) is 1.86. The van der Waals surface area contributed by atoms with Crippen LogP contribution >= 0.6 is 0 Å². The number of carbonyl (C=O) groups is 1. The van der Waals surface area contributed by atoms with Crippen LogP contribution in [0.4, 0.5) is 5.69 Å². The van der Waals surface area contributed by atoms with E-state index < -0.39 is 0 Å². The zero-order chi connectivity index (χ0) is 15.9. The van der Waals surface area contributed by atoms with Crippen LogP contribution in [0.3, 0.4) is 0 Å². The highest BCUT2D eigenvalue weighted by molar-refractivity contribution is 5.94. The molecule has 118 valence electrons. The number of nitrogens with zero attached hydrogens (tertiary/aromatic N) is 2. The molecule has 22 heavy (non-hydrogen) atoms. The molecule has 2 unspecified atom stereocenters. The van der Waals surface area contributed by atoms with E-state index in [0.29, 0.717) is 24.6 Å². The first kappa shape index (κ1) is 16.0. The van der Waals surface area contributed by atoms with Gasteiger partial charge >= 0.3 is 0 Å². The van der Waals surface area contributed by atoms with E-state index in [-0.39, 0.29) is 17.9 Å². The molecule has 6 heteroatoms. The molecule has 0 radical (unpaired) electrons. The summed E-state index contributed by atoms with van der Waals surface area (Å²) in [5.74, 6) is 0.271. The molecule has 1 amide bonds. The number of ether oxygens (including phenoxy) is 1. The Morgan fingerprint density at radius 2 is 2.18 bits per heavy atom. The van der Waals surface area contributed by atoms with Gasteiger partial charge in [0.2, 0.25) is 5.91 Å². The van der Waals surface area contributed by atoms with Gasteiger partial charge in [0.1, 0.15) is 12.4 Å². The maximum atomic E-state index is 12.1. The number of hydrogen-bond acceptors (Lipinski definition) is 4. The minimum absolute atomic E-state index is 0.111. The number of para-hydroxylation sites is 2. The Morgan fingerprint density at radius 3 is 2.86 bits per heavy atom. The van der Waals surface area contributed by atoms with Crippen molar-refractivity contribution in [1.82, 2.24) is 9.55 Å². The number of rotatable bonds is 7. The van der Waals surface area contributed by atoms with Crippen molar-refractivity contribution < 1.29 is 9.53 Å². The average molecular weight is 302 g/mol. The Hall–Kier alpha value is -2.34. The molecule has 1 aromatic carbocycles. The van der Waals surface area contributed by atoms with Crippen molar-refractivity contribution in [2.75, 3.05) is 11.9 Å². The molecule has 1 aromatic heterocycles. The number of carbonyl (C=O) groups excluding carboxylic acids is 1. The van der Waals surface area contributed by atoms with Gasteiger partial charge in [-0.2, -0.15) is 0 Å². The van der Waals surface area contributed by atoms with E-state index in [1.807, 2.05) is 48.9 Å². The Morgan fingerprint density at radius 1 is 1.41 bits per heavy atom. The van der Waals surface area contributed by atoms with Crippen molar-refractivity contribution in [2.24, 2.45) is 11.7 Å². The summed E-state index contributed by atoms with van der Waals surface area (Å²) in [6.45, 7) is 4.81. The SMILES string of the molecule is CC(N)C(C)C(=O)Nc1ccccc1OCCn1ccnc1. The minimum Gasteiger partial charge on any atom is -0.490 e. The van der Waals surface area contributed by atoms with Crippen LogP contribution in [0, 0.1) is 5.92 Å². The Kier molecular flexibility index (Phi) is 5.55. The van der Waals surface area contributed by atoms with Gasteiger partial charge in [0.05, 0.1) is 24.5 Å². The molecule has 3 N–H and O–H groups in total. The number of anilines is 1. The Bertz CT molecular complexity index is 596. The van der Waals surface area contributed by atoms with Gasteiger partial charge in [-0.1, -0.05) is 19.1 Å². The summed E-state index contributed by atoms with van der Waals surface area (Å²) in [6.07, 6.45) is 5.34. The van der Waals surface area contributed by atoms with Crippen LogP contribution in [-0.4, -0.2) is 28.1 Å². The van der Waals surface area contributed by atoms with Crippen molar-refractivity contribution >= 4 is 11.6 Å². The van der Waals surface area contributed by atoms with Gasteiger partial charge in [-0.15, -0.1) is 0 Å². The van der Waals surface area contributed by atoms with Gasteiger partial charge in [-0.05, 0) is 19.1 Å². The van der Waals surface area contributed by atoms with E-state index >= 15 is 0 Å². The molecule has 6 nitrogen and oxygen atoms in total. The van der Waals surface area contributed by atoms with E-state index in [4.69, 9.17) is 10.5 Å². The van der Waals surface area contributed by atoms with E-state index in [2.05, 4.69) is 10.3 Å². The predicted molar refractivity (Wildman–Crippen MR) is 85.6 cm³/mol. The van der Waals surface area contributed by atoms with E-state index in [0.717, 1.165) is 0 Å². The normalized spacial score (nSPS) is 13.4. The predicted octanol–water partition coefficient (Wildman–Crippen LogP) is 1.88. The van der Waals surface area contributed by atoms with Gasteiger partial charge in [0.25, 0.3) is 0 Å². The van der Waals surface area contributed by atoms with Crippen molar-refractivity contribution in [3.8, 4) is 5.75 Å². The second-order valence-corrected chi connectivity index (χ2v) is 5.28. The molecule has 0 aliphatic heterocycles. The van der Waals surface area contributed by atoms with Gasteiger partial charge in [0.15, 0.2) is 0 Å². The zero-order valence-electron chi connectivity index (χ0n) is 12.9. The molecule has 0 bridgehead atoms. The highest BCUT2D eigenvalue weighted by atomic mass is 16.5. The summed E-state index contributed by atoms with van der Waals surface area (Å²) in [4.78, 5) is 16.1. The van der Waals surface area contributed by atoms with Crippen molar-refractivity contribution in [1.29, 1.82) is 0 Å². The second kappa shape index (κ2) is 7.61. The first-order valence-electron chi connectivity index (χ1n) is 7.32. The number of hydrogen-bond donors (Lipinski definition) is 2. The fraction of sp³-hybridized carbons (Fsp3) is 0.375. The van der Waals surface area contributed by atoms with Crippen molar-refractivity contribution in [2.45, 2.75) is 26.4 Å². The van der Waals surface area contributed by atoms with Crippen LogP contribution in [0.5, 0.6) is 5.75 Å². The molecule has 0 saturated heterocycles. The summed E-state index contributed by atoms with van der Waals surface area (Å²) in [6, 6.07) is 7.18. The number of nitrogens with one attached hydrogen (secondary N) is 1. The molecule has 1 heterocycles. The first-order valence-corrected chi connectivity index (χ1v) is 7.32. The summed E-state index contributed by atoms with van der Waals surface area (Å²) >= 11 is 0. The molecular weight excluding hydrogens is 280 g/mol. The molecule has 0 fully saturated rings. The summed E-state index contributed by atoms with van der Waals surface area (Å²) in [5, 5.41) is 2.87. The summed E-state index contributed by atoms with van der Waals surface area (Å²) < 4.78 is 7.69.